The average Bonchev–Trinajstić information content (AvgIpc) is 2.14. The standard InChI is InChI=1S/C8H14F3NO3S/c9-8(10,11)5-15-2-4-16-3-1-6(12)7(13)14/h6H,1-5,12H2,(H,13,14). The third kappa shape index (κ3) is 10.1. The first-order valence-electron chi connectivity index (χ1n) is 4.53. The Labute approximate surface area is 95.3 Å². The Morgan fingerprint density at radius 3 is 2.56 bits per heavy atom. The molecule has 8 heteroatoms. The molecule has 0 amide bonds. The number of rotatable bonds is 8. The fourth-order valence-electron chi connectivity index (χ4n) is 0.742. The zero-order valence-electron chi connectivity index (χ0n) is 8.50. The van der Waals surface area contributed by atoms with E-state index in [0.29, 0.717) is 17.9 Å². The van der Waals surface area contributed by atoms with Gasteiger partial charge in [-0.2, -0.15) is 24.9 Å². The maximum Gasteiger partial charge on any atom is 0.411 e. The van der Waals surface area contributed by atoms with Crippen molar-refractivity contribution in [2.24, 2.45) is 5.73 Å². The van der Waals surface area contributed by atoms with Crippen LogP contribution in [0.4, 0.5) is 13.2 Å². The molecule has 16 heavy (non-hydrogen) atoms. The lowest BCUT2D eigenvalue weighted by atomic mass is 10.2. The first-order chi connectivity index (χ1) is 7.33. The molecule has 0 aliphatic heterocycles. The largest absolute Gasteiger partial charge is 0.480 e. The van der Waals surface area contributed by atoms with Gasteiger partial charge in [-0.15, -0.1) is 0 Å². The molecule has 0 rings (SSSR count). The highest BCUT2D eigenvalue weighted by atomic mass is 32.2. The second-order valence-electron chi connectivity index (χ2n) is 3.01. The molecule has 0 bridgehead atoms. The highest BCUT2D eigenvalue weighted by Gasteiger charge is 2.27. The third-order valence-corrected chi connectivity index (χ3v) is 2.51. The van der Waals surface area contributed by atoms with Gasteiger partial charge in [0.1, 0.15) is 12.6 Å². The van der Waals surface area contributed by atoms with Crippen LogP contribution in [0, 0.1) is 0 Å². The lowest BCUT2D eigenvalue weighted by Gasteiger charge is -2.08. The average molecular weight is 261 g/mol. The fraction of sp³-hybridized carbons (Fsp3) is 0.875. The minimum atomic E-state index is -4.30. The lowest BCUT2D eigenvalue weighted by Crippen LogP contribution is -2.30. The van der Waals surface area contributed by atoms with Crippen molar-refractivity contribution in [1.29, 1.82) is 0 Å². The van der Waals surface area contributed by atoms with Crippen molar-refractivity contribution in [3.05, 3.63) is 0 Å². The summed E-state index contributed by atoms with van der Waals surface area (Å²) in [6.45, 7) is -1.26. The van der Waals surface area contributed by atoms with Crippen LogP contribution in [0.25, 0.3) is 0 Å². The van der Waals surface area contributed by atoms with Crippen LogP contribution in [0.1, 0.15) is 6.42 Å². The minimum Gasteiger partial charge on any atom is -0.480 e. The quantitative estimate of drug-likeness (QED) is 0.640. The van der Waals surface area contributed by atoms with Crippen LogP contribution >= 0.6 is 11.8 Å². The fourth-order valence-corrected chi connectivity index (χ4v) is 1.60. The molecule has 0 heterocycles. The van der Waals surface area contributed by atoms with Crippen molar-refractivity contribution in [3.63, 3.8) is 0 Å². The van der Waals surface area contributed by atoms with Gasteiger partial charge in [-0.1, -0.05) is 0 Å². The van der Waals surface area contributed by atoms with E-state index >= 15 is 0 Å². The predicted octanol–water partition coefficient (Wildman–Crippen LogP) is 1.10. The summed E-state index contributed by atoms with van der Waals surface area (Å²) >= 11 is 1.31. The number of carboxylic acid groups (broad SMARTS) is 1. The normalized spacial score (nSPS) is 13.8. The number of ether oxygens (including phenoxy) is 1. The Morgan fingerprint density at radius 2 is 2.06 bits per heavy atom. The number of aliphatic carboxylic acids is 1. The van der Waals surface area contributed by atoms with Crippen molar-refractivity contribution >= 4 is 17.7 Å². The molecule has 3 N–H and O–H groups in total. The number of halogens is 3. The van der Waals surface area contributed by atoms with Crippen molar-refractivity contribution in [1.82, 2.24) is 0 Å². The maximum absolute atomic E-state index is 11.6. The second kappa shape index (κ2) is 7.75. The molecule has 0 spiro atoms. The van der Waals surface area contributed by atoms with E-state index in [4.69, 9.17) is 10.8 Å². The Bertz CT molecular complexity index is 213. The van der Waals surface area contributed by atoms with Crippen LogP contribution in [0.2, 0.25) is 0 Å². The van der Waals surface area contributed by atoms with Crippen LogP contribution in [0.15, 0.2) is 0 Å². The summed E-state index contributed by atoms with van der Waals surface area (Å²) in [5, 5.41) is 8.43. The van der Waals surface area contributed by atoms with Gasteiger partial charge in [-0.05, 0) is 12.2 Å². The summed E-state index contributed by atoms with van der Waals surface area (Å²) in [5.74, 6) is -0.195. The van der Waals surface area contributed by atoms with Gasteiger partial charge in [0.05, 0.1) is 6.61 Å². The molecule has 4 nitrogen and oxygen atoms in total. The summed E-state index contributed by atoms with van der Waals surface area (Å²) in [6, 6.07) is -0.913. The molecular formula is C8H14F3NO3S. The molecule has 0 saturated carbocycles. The molecule has 0 aromatic rings. The van der Waals surface area contributed by atoms with Crippen molar-refractivity contribution < 1.29 is 27.8 Å². The van der Waals surface area contributed by atoms with Crippen molar-refractivity contribution in [2.45, 2.75) is 18.6 Å². The van der Waals surface area contributed by atoms with Crippen LogP contribution in [-0.4, -0.2) is 48.0 Å². The second-order valence-corrected chi connectivity index (χ2v) is 4.24. The number of nitrogens with two attached hydrogens (primary N) is 1. The molecule has 0 saturated heterocycles. The van der Waals surface area contributed by atoms with Crippen LogP contribution < -0.4 is 5.73 Å². The molecule has 0 fully saturated rings. The summed E-state index contributed by atoms with van der Waals surface area (Å²) in [5.41, 5.74) is 5.22. The number of carbonyl (C=O) groups is 1. The number of hydrogen-bond acceptors (Lipinski definition) is 4. The minimum absolute atomic E-state index is 0.00745. The van der Waals surface area contributed by atoms with E-state index < -0.39 is 24.8 Å². The maximum atomic E-state index is 11.6. The van der Waals surface area contributed by atoms with E-state index in [2.05, 4.69) is 4.74 Å². The van der Waals surface area contributed by atoms with E-state index in [1.54, 1.807) is 0 Å². The van der Waals surface area contributed by atoms with Gasteiger partial charge >= 0.3 is 12.1 Å². The zero-order valence-corrected chi connectivity index (χ0v) is 9.31. The molecule has 0 aromatic heterocycles. The Morgan fingerprint density at radius 1 is 1.44 bits per heavy atom. The summed E-state index contributed by atoms with van der Waals surface area (Å²) in [6.07, 6.45) is -4.00. The van der Waals surface area contributed by atoms with E-state index in [0.717, 1.165) is 0 Å². The molecule has 0 radical (unpaired) electrons. The number of hydrogen-bond donors (Lipinski definition) is 2. The first-order valence-corrected chi connectivity index (χ1v) is 5.69. The molecule has 96 valence electrons. The van der Waals surface area contributed by atoms with Crippen molar-refractivity contribution in [3.8, 4) is 0 Å². The molecule has 1 atom stereocenters. The van der Waals surface area contributed by atoms with Gasteiger partial charge in [0, 0.05) is 5.75 Å². The Kier molecular flexibility index (Phi) is 7.52. The smallest absolute Gasteiger partial charge is 0.411 e. The molecule has 0 aliphatic rings. The first kappa shape index (κ1) is 15.5. The van der Waals surface area contributed by atoms with Crippen LogP contribution in [0.5, 0.6) is 0 Å². The summed E-state index contributed by atoms with van der Waals surface area (Å²) < 4.78 is 39.2. The number of thioether (sulfide) groups is 1. The number of alkyl halides is 3. The van der Waals surface area contributed by atoms with Gasteiger partial charge in [0.15, 0.2) is 0 Å². The monoisotopic (exact) mass is 261 g/mol. The highest BCUT2D eigenvalue weighted by molar-refractivity contribution is 7.99. The molecule has 1 unspecified atom stereocenters. The predicted molar refractivity (Wildman–Crippen MR) is 54.4 cm³/mol. The summed E-state index contributed by atoms with van der Waals surface area (Å²) in [7, 11) is 0. The zero-order chi connectivity index (χ0) is 12.6. The number of carboxylic acids is 1. The Hall–Kier alpha value is -0.470. The van der Waals surface area contributed by atoms with E-state index in [1.165, 1.54) is 11.8 Å². The van der Waals surface area contributed by atoms with Crippen molar-refractivity contribution in [2.75, 3.05) is 24.7 Å². The topological polar surface area (TPSA) is 72.5 Å². The van der Waals surface area contributed by atoms with Gasteiger partial charge in [0.25, 0.3) is 0 Å². The van der Waals surface area contributed by atoms with Gasteiger partial charge < -0.3 is 15.6 Å². The molecular weight excluding hydrogens is 247 g/mol. The van der Waals surface area contributed by atoms with E-state index in [9.17, 15) is 18.0 Å². The molecule has 0 aromatic carbocycles. The van der Waals surface area contributed by atoms with Gasteiger partial charge in [-0.25, -0.2) is 0 Å². The summed E-state index contributed by atoms with van der Waals surface area (Å²) in [4.78, 5) is 10.3. The third-order valence-electron chi connectivity index (χ3n) is 1.53. The lowest BCUT2D eigenvalue weighted by molar-refractivity contribution is -0.172. The Balaban J connectivity index is 3.25. The van der Waals surface area contributed by atoms with Gasteiger partial charge in [0.2, 0.25) is 0 Å². The van der Waals surface area contributed by atoms with E-state index in [1.807, 2.05) is 0 Å². The van der Waals surface area contributed by atoms with Crippen LogP contribution in [0.3, 0.4) is 0 Å². The molecule has 0 aliphatic carbocycles. The van der Waals surface area contributed by atoms with Gasteiger partial charge in [-0.3, -0.25) is 4.79 Å². The van der Waals surface area contributed by atoms with E-state index in [-0.39, 0.29) is 6.61 Å². The highest BCUT2D eigenvalue weighted by Crippen LogP contribution is 2.14. The SMILES string of the molecule is NC(CCSCCOCC(F)(F)F)C(=O)O. The van der Waals surface area contributed by atoms with Crippen LogP contribution in [-0.2, 0) is 9.53 Å².